The van der Waals surface area contributed by atoms with Crippen LogP contribution < -0.4 is 0 Å². The lowest BCUT2D eigenvalue weighted by Crippen LogP contribution is -2.61. The Balaban J connectivity index is 1.38. The van der Waals surface area contributed by atoms with Gasteiger partial charge in [0, 0.05) is 63.2 Å². The molecular formula is C28H34N4O4. The minimum atomic E-state index is -0.900. The molecule has 0 N–H and O–H groups in total. The zero-order chi connectivity index (χ0) is 25.3. The second-order valence-electron chi connectivity index (χ2n) is 10.1. The maximum atomic E-state index is 13.8. The van der Waals surface area contributed by atoms with Crippen molar-refractivity contribution in [2.24, 2.45) is 0 Å². The zero-order valence-electron chi connectivity index (χ0n) is 21.1. The van der Waals surface area contributed by atoms with Gasteiger partial charge in [0.05, 0.1) is 6.61 Å². The molecule has 3 aliphatic rings. The van der Waals surface area contributed by atoms with Gasteiger partial charge in [0.1, 0.15) is 11.8 Å². The molecular weight excluding hydrogens is 456 g/mol. The van der Waals surface area contributed by atoms with Gasteiger partial charge in [-0.15, -0.1) is 0 Å². The predicted molar refractivity (Wildman–Crippen MR) is 135 cm³/mol. The van der Waals surface area contributed by atoms with Crippen LogP contribution in [0.25, 0.3) is 0 Å². The van der Waals surface area contributed by atoms with Gasteiger partial charge in [0.15, 0.2) is 0 Å². The number of carbonyl (C=O) groups is 3. The molecule has 0 aliphatic carbocycles. The van der Waals surface area contributed by atoms with E-state index in [1.165, 1.54) is 0 Å². The van der Waals surface area contributed by atoms with Crippen molar-refractivity contribution in [3.8, 4) is 0 Å². The number of benzene rings is 2. The van der Waals surface area contributed by atoms with Crippen molar-refractivity contribution < 1.29 is 19.1 Å². The fraction of sp³-hybridized carbons (Fsp3) is 0.464. The molecule has 5 rings (SSSR count). The molecule has 0 aromatic heterocycles. The van der Waals surface area contributed by atoms with Crippen LogP contribution in [0.2, 0.25) is 0 Å². The first-order valence-corrected chi connectivity index (χ1v) is 12.7. The Kier molecular flexibility index (Phi) is 6.81. The van der Waals surface area contributed by atoms with E-state index < -0.39 is 11.8 Å². The summed E-state index contributed by atoms with van der Waals surface area (Å²) in [5, 5.41) is 0. The Hall–Kier alpha value is -3.23. The molecule has 3 aliphatic heterocycles. The Labute approximate surface area is 212 Å². The van der Waals surface area contributed by atoms with Crippen LogP contribution >= 0.6 is 0 Å². The molecule has 8 heteroatoms. The number of ether oxygens (including phenoxy) is 1. The topological polar surface area (TPSA) is 73.4 Å². The standard InChI is InChI=1S/C28H34N4O4/c1-21-7-6-10-23(19-21)25(33)30-13-11-28(12-14-30)32(26(34)22-8-4-3-5-9-22)24(20-36-28)27(35)31-17-15-29(2)16-18-31/h3-10,19,24H,11-18,20H2,1-2H3/t24-/m1/s1. The largest absolute Gasteiger partial charge is 0.353 e. The molecule has 1 atom stereocenters. The number of hydrogen-bond donors (Lipinski definition) is 0. The van der Waals surface area contributed by atoms with Gasteiger partial charge in [0.2, 0.25) is 5.91 Å². The summed E-state index contributed by atoms with van der Waals surface area (Å²) in [6.45, 7) is 5.98. The normalized spacial score (nSPS) is 22.2. The van der Waals surface area contributed by atoms with Crippen LogP contribution in [0.5, 0.6) is 0 Å². The van der Waals surface area contributed by atoms with E-state index in [1.807, 2.05) is 66.2 Å². The second-order valence-corrected chi connectivity index (χ2v) is 10.1. The van der Waals surface area contributed by atoms with Crippen LogP contribution in [0.3, 0.4) is 0 Å². The van der Waals surface area contributed by atoms with E-state index >= 15 is 0 Å². The third-order valence-corrected chi connectivity index (χ3v) is 7.70. The summed E-state index contributed by atoms with van der Waals surface area (Å²) in [5.74, 6) is -0.265. The van der Waals surface area contributed by atoms with Crippen LogP contribution in [0.15, 0.2) is 54.6 Å². The third kappa shape index (κ3) is 4.63. The molecule has 0 unspecified atom stereocenters. The van der Waals surface area contributed by atoms with Gasteiger partial charge < -0.3 is 19.4 Å². The van der Waals surface area contributed by atoms with Gasteiger partial charge in [-0.25, -0.2) is 0 Å². The Bertz CT molecular complexity index is 1120. The van der Waals surface area contributed by atoms with E-state index in [2.05, 4.69) is 4.90 Å². The van der Waals surface area contributed by atoms with E-state index in [0.717, 1.165) is 18.7 Å². The maximum absolute atomic E-state index is 13.8. The summed E-state index contributed by atoms with van der Waals surface area (Å²) in [6, 6.07) is 16.0. The highest BCUT2D eigenvalue weighted by atomic mass is 16.5. The van der Waals surface area contributed by atoms with Gasteiger partial charge in [0.25, 0.3) is 11.8 Å². The van der Waals surface area contributed by atoms with Crippen molar-refractivity contribution in [3.05, 3.63) is 71.3 Å². The molecule has 36 heavy (non-hydrogen) atoms. The highest BCUT2D eigenvalue weighted by Gasteiger charge is 2.55. The molecule has 0 radical (unpaired) electrons. The van der Waals surface area contributed by atoms with Crippen molar-refractivity contribution in [1.29, 1.82) is 0 Å². The molecule has 190 valence electrons. The Morgan fingerprint density at radius 2 is 1.47 bits per heavy atom. The molecule has 8 nitrogen and oxygen atoms in total. The first-order valence-electron chi connectivity index (χ1n) is 12.7. The minimum absolute atomic E-state index is 0.0162. The Morgan fingerprint density at radius 3 is 2.14 bits per heavy atom. The minimum Gasteiger partial charge on any atom is -0.353 e. The molecule has 3 fully saturated rings. The van der Waals surface area contributed by atoms with Crippen molar-refractivity contribution >= 4 is 17.7 Å². The SMILES string of the molecule is Cc1cccc(C(=O)N2CCC3(CC2)OC[C@H](C(=O)N2CCN(C)CC2)N3C(=O)c2ccccc2)c1. The number of likely N-dealkylation sites (tertiary alicyclic amines) is 1. The summed E-state index contributed by atoms with van der Waals surface area (Å²) in [4.78, 5) is 48.2. The van der Waals surface area contributed by atoms with Gasteiger partial charge in [-0.05, 0) is 38.2 Å². The van der Waals surface area contributed by atoms with Crippen molar-refractivity contribution in [2.45, 2.75) is 31.5 Å². The average Bonchev–Trinajstić information content (AvgIpc) is 3.27. The van der Waals surface area contributed by atoms with E-state index in [1.54, 1.807) is 17.0 Å². The number of rotatable bonds is 3. The molecule has 0 saturated carbocycles. The van der Waals surface area contributed by atoms with E-state index in [4.69, 9.17) is 4.74 Å². The van der Waals surface area contributed by atoms with Gasteiger partial charge in [-0.3, -0.25) is 19.3 Å². The monoisotopic (exact) mass is 490 g/mol. The quantitative estimate of drug-likeness (QED) is 0.660. The first kappa shape index (κ1) is 24.5. The van der Waals surface area contributed by atoms with Crippen LogP contribution in [0.4, 0.5) is 0 Å². The van der Waals surface area contributed by atoms with E-state index in [0.29, 0.717) is 50.1 Å². The average molecular weight is 491 g/mol. The van der Waals surface area contributed by atoms with Crippen molar-refractivity contribution in [3.63, 3.8) is 0 Å². The molecule has 0 bridgehead atoms. The number of hydrogen-bond acceptors (Lipinski definition) is 5. The van der Waals surface area contributed by atoms with Crippen LogP contribution in [-0.2, 0) is 9.53 Å². The number of piperidine rings is 1. The lowest BCUT2D eigenvalue weighted by Gasteiger charge is -2.45. The summed E-state index contributed by atoms with van der Waals surface area (Å²) in [6.07, 6.45) is 0.936. The third-order valence-electron chi connectivity index (χ3n) is 7.70. The lowest BCUT2D eigenvalue weighted by molar-refractivity contribution is -0.139. The van der Waals surface area contributed by atoms with Crippen LogP contribution in [0, 0.1) is 6.92 Å². The number of piperazine rings is 1. The maximum Gasteiger partial charge on any atom is 0.256 e. The second kappa shape index (κ2) is 10.0. The highest BCUT2D eigenvalue weighted by molar-refractivity contribution is 5.98. The van der Waals surface area contributed by atoms with E-state index in [9.17, 15) is 14.4 Å². The zero-order valence-corrected chi connectivity index (χ0v) is 21.1. The number of carbonyl (C=O) groups excluding carboxylic acids is 3. The van der Waals surface area contributed by atoms with Crippen molar-refractivity contribution in [2.75, 3.05) is 52.9 Å². The smallest absolute Gasteiger partial charge is 0.256 e. The summed E-state index contributed by atoms with van der Waals surface area (Å²) in [5.41, 5.74) is 1.34. The summed E-state index contributed by atoms with van der Waals surface area (Å²) >= 11 is 0. The molecule has 2 aromatic carbocycles. The Morgan fingerprint density at radius 1 is 0.806 bits per heavy atom. The van der Waals surface area contributed by atoms with Crippen LogP contribution in [-0.4, -0.2) is 102 Å². The summed E-state index contributed by atoms with van der Waals surface area (Å²) < 4.78 is 6.34. The fourth-order valence-corrected chi connectivity index (χ4v) is 5.53. The van der Waals surface area contributed by atoms with Gasteiger partial charge in [-0.2, -0.15) is 0 Å². The number of nitrogens with zero attached hydrogens (tertiary/aromatic N) is 4. The molecule has 2 aromatic rings. The fourth-order valence-electron chi connectivity index (χ4n) is 5.53. The number of amides is 3. The number of likely N-dealkylation sites (N-methyl/N-ethyl adjacent to an activating group) is 1. The summed E-state index contributed by atoms with van der Waals surface area (Å²) in [7, 11) is 2.05. The molecule has 3 heterocycles. The number of aryl methyl sites for hydroxylation is 1. The van der Waals surface area contributed by atoms with E-state index in [-0.39, 0.29) is 24.3 Å². The van der Waals surface area contributed by atoms with Gasteiger partial charge >= 0.3 is 0 Å². The van der Waals surface area contributed by atoms with Gasteiger partial charge in [-0.1, -0.05) is 35.9 Å². The predicted octanol–water partition coefficient (Wildman–Crippen LogP) is 2.24. The highest BCUT2D eigenvalue weighted by Crippen LogP contribution is 2.39. The first-order chi connectivity index (χ1) is 17.4. The lowest BCUT2D eigenvalue weighted by atomic mass is 9.95. The molecule has 1 spiro atoms. The van der Waals surface area contributed by atoms with Crippen LogP contribution in [0.1, 0.15) is 39.1 Å². The molecule has 3 amide bonds. The van der Waals surface area contributed by atoms with Crippen molar-refractivity contribution in [1.82, 2.24) is 19.6 Å². The molecule has 3 saturated heterocycles.